The van der Waals surface area contributed by atoms with Gasteiger partial charge in [-0.15, -0.1) is 0 Å². The van der Waals surface area contributed by atoms with Gasteiger partial charge in [0.25, 0.3) is 0 Å². The van der Waals surface area contributed by atoms with Crippen LogP contribution in [0.2, 0.25) is 0 Å². The smallest absolute Gasteiger partial charge is 0.0463 e. The summed E-state index contributed by atoms with van der Waals surface area (Å²) in [6.07, 6.45) is 4.21. The monoisotopic (exact) mass is 416 g/mol. The van der Waals surface area contributed by atoms with Crippen molar-refractivity contribution < 1.29 is 0 Å². The fraction of sp³-hybridized carbons (Fsp3) is 0.133. The molecule has 3 aromatic carbocycles. The SMILES string of the molecule is Cc1cccc(-c2cc(-c3cccc(-c4c[nH]c(-c5cccc(C)c5C)c4)c3)c[nH]2)c1C. The average Bonchev–Trinajstić information content (AvgIpc) is 3.48. The number of aryl methyl sites for hydroxylation is 2. The van der Waals surface area contributed by atoms with Gasteiger partial charge in [0, 0.05) is 34.9 Å². The quantitative estimate of drug-likeness (QED) is 0.296. The highest BCUT2D eigenvalue weighted by Crippen LogP contribution is 2.33. The molecule has 158 valence electrons. The molecular formula is C30H28N2. The number of aromatic nitrogens is 2. The van der Waals surface area contributed by atoms with Crippen LogP contribution in [0.4, 0.5) is 0 Å². The zero-order valence-corrected chi connectivity index (χ0v) is 19.1. The summed E-state index contributed by atoms with van der Waals surface area (Å²) in [5.41, 5.74) is 14.9. The Balaban J connectivity index is 1.48. The molecule has 2 nitrogen and oxygen atoms in total. The van der Waals surface area contributed by atoms with E-state index in [-0.39, 0.29) is 0 Å². The summed E-state index contributed by atoms with van der Waals surface area (Å²) in [6, 6.07) is 26.2. The molecule has 2 heterocycles. The number of H-pyrrole nitrogens is 2. The molecule has 0 bridgehead atoms. The van der Waals surface area contributed by atoms with Crippen LogP contribution in [0.3, 0.4) is 0 Å². The van der Waals surface area contributed by atoms with E-state index in [4.69, 9.17) is 0 Å². The first-order valence-electron chi connectivity index (χ1n) is 11.1. The highest BCUT2D eigenvalue weighted by Gasteiger charge is 2.11. The van der Waals surface area contributed by atoms with Gasteiger partial charge in [-0.05, 0) is 90.4 Å². The second-order valence-electron chi connectivity index (χ2n) is 8.68. The van der Waals surface area contributed by atoms with E-state index in [9.17, 15) is 0 Å². The zero-order chi connectivity index (χ0) is 22.2. The van der Waals surface area contributed by atoms with Gasteiger partial charge in [0.05, 0.1) is 0 Å². The zero-order valence-electron chi connectivity index (χ0n) is 19.1. The lowest BCUT2D eigenvalue weighted by atomic mass is 9.98. The topological polar surface area (TPSA) is 31.6 Å². The van der Waals surface area contributed by atoms with Crippen molar-refractivity contribution in [2.24, 2.45) is 0 Å². The van der Waals surface area contributed by atoms with Crippen LogP contribution in [0.25, 0.3) is 44.8 Å². The molecule has 2 aromatic heterocycles. The van der Waals surface area contributed by atoms with E-state index in [0.29, 0.717) is 0 Å². The van der Waals surface area contributed by atoms with Crippen molar-refractivity contribution in [3.05, 3.63) is 107 Å². The van der Waals surface area contributed by atoms with E-state index < -0.39 is 0 Å². The molecule has 0 spiro atoms. The molecule has 0 atom stereocenters. The molecule has 0 aliphatic carbocycles. The van der Waals surface area contributed by atoms with Crippen LogP contribution in [-0.2, 0) is 0 Å². The summed E-state index contributed by atoms with van der Waals surface area (Å²) in [5.74, 6) is 0. The van der Waals surface area contributed by atoms with Crippen LogP contribution in [0.1, 0.15) is 22.3 Å². The van der Waals surface area contributed by atoms with E-state index in [0.717, 1.165) is 11.4 Å². The first-order chi connectivity index (χ1) is 15.5. The molecule has 32 heavy (non-hydrogen) atoms. The number of rotatable bonds is 4. The third-order valence-corrected chi connectivity index (χ3v) is 6.68. The Bertz CT molecular complexity index is 1310. The largest absolute Gasteiger partial charge is 0.361 e. The second kappa shape index (κ2) is 8.05. The molecule has 0 aliphatic rings. The third kappa shape index (κ3) is 3.58. The van der Waals surface area contributed by atoms with Crippen molar-refractivity contribution in [1.82, 2.24) is 9.97 Å². The highest BCUT2D eigenvalue weighted by atomic mass is 14.7. The Morgan fingerprint density at radius 2 is 0.906 bits per heavy atom. The summed E-state index contributed by atoms with van der Waals surface area (Å²) < 4.78 is 0. The predicted molar refractivity (Wildman–Crippen MR) is 136 cm³/mol. The van der Waals surface area contributed by atoms with Gasteiger partial charge in [0.15, 0.2) is 0 Å². The van der Waals surface area contributed by atoms with Crippen molar-refractivity contribution in [2.75, 3.05) is 0 Å². The summed E-state index contributed by atoms with van der Waals surface area (Å²) >= 11 is 0. The van der Waals surface area contributed by atoms with Crippen molar-refractivity contribution in [3.63, 3.8) is 0 Å². The van der Waals surface area contributed by atoms with Crippen LogP contribution in [0.15, 0.2) is 85.2 Å². The van der Waals surface area contributed by atoms with Gasteiger partial charge in [0.1, 0.15) is 0 Å². The molecule has 2 N–H and O–H groups in total. The number of aromatic amines is 2. The predicted octanol–water partition coefficient (Wildman–Crippen LogP) is 8.24. The van der Waals surface area contributed by atoms with Gasteiger partial charge in [-0.2, -0.15) is 0 Å². The fourth-order valence-electron chi connectivity index (χ4n) is 4.40. The summed E-state index contributed by atoms with van der Waals surface area (Å²) in [4.78, 5) is 6.96. The molecule has 0 saturated carbocycles. The van der Waals surface area contributed by atoms with Crippen LogP contribution in [-0.4, -0.2) is 9.97 Å². The summed E-state index contributed by atoms with van der Waals surface area (Å²) in [5, 5.41) is 0. The molecule has 0 saturated heterocycles. The molecular weight excluding hydrogens is 388 g/mol. The van der Waals surface area contributed by atoms with Crippen LogP contribution >= 0.6 is 0 Å². The number of hydrogen-bond acceptors (Lipinski definition) is 0. The Labute approximate surface area is 190 Å². The van der Waals surface area contributed by atoms with Gasteiger partial charge < -0.3 is 9.97 Å². The Hall–Kier alpha value is -3.78. The van der Waals surface area contributed by atoms with Crippen molar-refractivity contribution >= 4 is 0 Å². The van der Waals surface area contributed by atoms with Gasteiger partial charge in [0.2, 0.25) is 0 Å². The molecule has 0 radical (unpaired) electrons. The first kappa shape index (κ1) is 20.1. The van der Waals surface area contributed by atoms with E-state index >= 15 is 0 Å². The lowest BCUT2D eigenvalue weighted by Crippen LogP contribution is -1.86. The van der Waals surface area contributed by atoms with E-state index in [1.165, 1.54) is 55.6 Å². The van der Waals surface area contributed by atoms with E-state index in [1.807, 2.05) is 0 Å². The summed E-state index contributed by atoms with van der Waals surface area (Å²) in [7, 11) is 0. The number of hydrogen-bond donors (Lipinski definition) is 2. The van der Waals surface area contributed by atoms with Gasteiger partial charge in [-0.1, -0.05) is 54.6 Å². The highest BCUT2D eigenvalue weighted by molar-refractivity contribution is 5.79. The Kier molecular flexibility index (Phi) is 5.07. The molecule has 2 heteroatoms. The minimum Gasteiger partial charge on any atom is -0.361 e. The molecule has 5 rings (SSSR count). The Morgan fingerprint density at radius 1 is 0.469 bits per heavy atom. The average molecular weight is 417 g/mol. The minimum absolute atomic E-state index is 1.16. The molecule has 0 unspecified atom stereocenters. The Morgan fingerprint density at radius 3 is 1.38 bits per heavy atom. The van der Waals surface area contributed by atoms with E-state index in [2.05, 4.69) is 123 Å². The minimum atomic E-state index is 1.16. The molecule has 0 amide bonds. The summed E-state index contributed by atoms with van der Waals surface area (Å²) in [6.45, 7) is 8.70. The van der Waals surface area contributed by atoms with Gasteiger partial charge >= 0.3 is 0 Å². The maximum Gasteiger partial charge on any atom is 0.0463 e. The van der Waals surface area contributed by atoms with Crippen LogP contribution in [0.5, 0.6) is 0 Å². The third-order valence-electron chi connectivity index (χ3n) is 6.68. The van der Waals surface area contributed by atoms with Crippen molar-refractivity contribution in [1.29, 1.82) is 0 Å². The van der Waals surface area contributed by atoms with E-state index in [1.54, 1.807) is 0 Å². The molecule has 0 fully saturated rings. The number of benzene rings is 3. The van der Waals surface area contributed by atoms with Crippen LogP contribution in [0, 0.1) is 27.7 Å². The lowest BCUT2D eigenvalue weighted by Gasteiger charge is -2.06. The number of nitrogens with one attached hydrogen (secondary N) is 2. The second-order valence-corrected chi connectivity index (χ2v) is 8.68. The van der Waals surface area contributed by atoms with Crippen LogP contribution < -0.4 is 0 Å². The lowest BCUT2D eigenvalue weighted by molar-refractivity contribution is 1.31. The van der Waals surface area contributed by atoms with Gasteiger partial charge in [-0.25, -0.2) is 0 Å². The first-order valence-corrected chi connectivity index (χ1v) is 11.1. The fourth-order valence-corrected chi connectivity index (χ4v) is 4.40. The molecule has 5 aromatic rings. The standard InChI is InChI=1S/C30H28N2/c1-19-8-5-12-27(21(19)3)29-15-25(17-31-29)23-10-7-11-24(14-23)26-16-30(32-18-26)28-13-6-9-20(2)22(28)4/h5-18,31-32H,1-4H3. The maximum atomic E-state index is 3.48. The maximum absolute atomic E-state index is 3.48. The van der Waals surface area contributed by atoms with Crippen molar-refractivity contribution in [3.8, 4) is 44.8 Å². The van der Waals surface area contributed by atoms with Crippen molar-refractivity contribution in [2.45, 2.75) is 27.7 Å². The molecule has 0 aliphatic heterocycles. The van der Waals surface area contributed by atoms with Gasteiger partial charge in [-0.3, -0.25) is 0 Å². The normalized spacial score (nSPS) is 11.1.